The number of carboxylic acids is 1. The van der Waals surface area contributed by atoms with E-state index in [9.17, 15) is 9.59 Å². The second-order valence-corrected chi connectivity index (χ2v) is 6.02. The molecule has 0 aromatic heterocycles. The fourth-order valence-corrected chi connectivity index (χ4v) is 3.07. The van der Waals surface area contributed by atoms with Crippen molar-refractivity contribution in [2.24, 2.45) is 0 Å². The van der Waals surface area contributed by atoms with Crippen molar-refractivity contribution in [2.45, 2.75) is 24.8 Å². The summed E-state index contributed by atoms with van der Waals surface area (Å²) in [6, 6.07) is 3.02. The summed E-state index contributed by atoms with van der Waals surface area (Å²) in [5, 5.41) is 12.3. The van der Waals surface area contributed by atoms with Gasteiger partial charge in [-0.1, -0.05) is 11.6 Å². The van der Waals surface area contributed by atoms with Gasteiger partial charge in [-0.2, -0.15) is 0 Å². The molecule has 0 atom stereocenters. The van der Waals surface area contributed by atoms with Crippen molar-refractivity contribution in [3.05, 3.63) is 22.7 Å². The maximum Gasteiger partial charge on any atom is 0.305 e. The highest BCUT2D eigenvalue weighted by atomic mass is 35.5. The molecule has 1 saturated heterocycles. The Balaban J connectivity index is 1.82. The summed E-state index contributed by atoms with van der Waals surface area (Å²) < 4.78 is 15.7. The van der Waals surface area contributed by atoms with E-state index in [2.05, 4.69) is 5.32 Å². The van der Waals surface area contributed by atoms with Crippen molar-refractivity contribution in [3.63, 3.8) is 0 Å². The zero-order chi connectivity index (χ0) is 16.4. The van der Waals surface area contributed by atoms with Crippen molar-refractivity contribution in [3.8, 4) is 11.5 Å². The van der Waals surface area contributed by atoms with Gasteiger partial charge in [-0.25, -0.2) is 0 Å². The van der Waals surface area contributed by atoms with Crippen LogP contribution in [-0.4, -0.2) is 42.5 Å². The van der Waals surface area contributed by atoms with Crippen LogP contribution < -0.4 is 14.8 Å². The van der Waals surface area contributed by atoms with Crippen molar-refractivity contribution in [2.75, 3.05) is 20.0 Å². The Morgan fingerprint density at radius 2 is 2.00 bits per heavy atom. The second-order valence-electron chi connectivity index (χ2n) is 5.61. The Morgan fingerprint density at radius 1 is 1.26 bits per heavy atom. The van der Waals surface area contributed by atoms with Crippen LogP contribution in [0.1, 0.15) is 29.6 Å². The van der Waals surface area contributed by atoms with Gasteiger partial charge < -0.3 is 24.6 Å². The molecule has 0 bridgehead atoms. The van der Waals surface area contributed by atoms with Crippen LogP contribution in [-0.2, 0) is 9.53 Å². The molecule has 1 aromatic rings. The maximum atomic E-state index is 12.6. The number of ether oxygens (including phenoxy) is 3. The molecule has 124 valence electrons. The number of amides is 1. The third-order valence-electron chi connectivity index (χ3n) is 4.01. The predicted octanol–water partition coefficient (Wildman–Crippen LogP) is 1.82. The molecule has 2 heterocycles. The van der Waals surface area contributed by atoms with Gasteiger partial charge in [0.25, 0.3) is 5.91 Å². The first-order chi connectivity index (χ1) is 11.0. The number of benzene rings is 1. The number of carbonyl (C=O) groups is 2. The summed E-state index contributed by atoms with van der Waals surface area (Å²) in [5.41, 5.74) is -0.514. The van der Waals surface area contributed by atoms with Gasteiger partial charge in [0.1, 0.15) is 0 Å². The third-order valence-corrected chi connectivity index (χ3v) is 4.29. The molecule has 2 aliphatic rings. The van der Waals surface area contributed by atoms with Gasteiger partial charge in [0, 0.05) is 18.8 Å². The van der Waals surface area contributed by atoms with E-state index in [0.717, 1.165) is 0 Å². The highest BCUT2D eigenvalue weighted by molar-refractivity contribution is 6.32. The molecule has 2 aliphatic heterocycles. The summed E-state index contributed by atoms with van der Waals surface area (Å²) in [4.78, 5) is 23.7. The van der Waals surface area contributed by atoms with E-state index in [1.165, 1.54) is 12.1 Å². The maximum absolute atomic E-state index is 12.6. The van der Waals surface area contributed by atoms with E-state index in [1.54, 1.807) is 0 Å². The van der Waals surface area contributed by atoms with Gasteiger partial charge in [-0.05, 0) is 25.0 Å². The highest BCUT2D eigenvalue weighted by Crippen LogP contribution is 2.40. The van der Waals surface area contributed by atoms with Gasteiger partial charge in [0.2, 0.25) is 6.79 Å². The van der Waals surface area contributed by atoms with Crippen molar-refractivity contribution in [1.82, 2.24) is 5.32 Å². The number of carboxylic acid groups (broad SMARTS) is 1. The number of nitrogens with one attached hydrogen (secondary N) is 1. The molecular weight excluding hydrogens is 326 g/mol. The summed E-state index contributed by atoms with van der Waals surface area (Å²) in [6.45, 7) is 0.880. The van der Waals surface area contributed by atoms with Crippen LogP contribution in [0.25, 0.3) is 0 Å². The molecule has 0 radical (unpaired) electrons. The standard InChI is InChI=1S/C15H16ClNO6/c16-10-5-9(6-11-13(10)23-8-22-11)14(20)17-15(7-12(18)19)1-3-21-4-2-15/h5-6H,1-4,7-8H2,(H,17,20)(H,18,19). The van der Waals surface area contributed by atoms with Crippen LogP contribution in [0.2, 0.25) is 5.02 Å². The van der Waals surface area contributed by atoms with E-state index in [4.69, 9.17) is 30.9 Å². The lowest BCUT2D eigenvalue weighted by Gasteiger charge is -2.36. The predicted molar refractivity (Wildman–Crippen MR) is 80.1 cm³/mol. The van der Waals surface area contributed by atoms with Crippen molar-refractivity contribution < 1.29 is 28.9 Å². The molecule has 7 nitrogen and oxygen atoms in total. The van der Waals surface area contributed by atoms with Crippen LogP contribution in [0.4, 0.5) is 0 Å². The number of carbonyl (C=O) groups excluding carboxylic acids is 1. The lowest BCUT2D eigenvalue weighted by molar-refractivity contribution is -0.139. The van der Waals surface area contributed by atoms with Gasteiger partial charge in [-0.15, -0.1) is 0 Å². The van der Waals surface area contributed by atoms with E-state index >= 15 is 0 Å². The number of aliphatic carboxylic acids is 1. The van der Waals surface area contributed by atoms with Crippen LogP contribution in [0.3, 0.4) is 0 Å². The Hall–Kier alpha value is -1.99. The van der Waals surface area contributed by atoms with E-state index in [1.807, 2.05) is 0 Å². The van der Waals surface area contributed by atoms with Gasteiger partial charge in [-0.3, -0.25) is 9.59 Å². The molecule has 8 heteroatoms. The van der Waals surface area contributed by atoms with Crippen LogP contribution in [0.15, 0.2) is 12.1 Å². The zero-order valence-electron chi connectivity index (χ0n) is 12.3. The molecule has 3 rings (SSSR count). The average Bonchev–Trinajstić information content (AvgIpc) is 2.96. The minimum absolute atomic E-state index is 0.0560. The summed E-state index contributed by atoms with van der Waals surface area (Å²) in [6.07, 6.45) is 0.743. The van der Waals surface area contributed by atoms with Crippen molar-refractivity contribution in [1.29, 1.82) is 0 Å². The zero-order valence-corrected chi connectivity index (χ0v) is 13.0. The molecule has 1 aromatic carbocycles. The molecule has 0 saturated carbocycles. The molecule has 0 unspecified atom stereocenters. The van der Waals surface area contributed by atoms with Crippen LogP contribution in [0, 0.1) is 0 Å². The fraction of sp³-hybridized carbons (Fsp3) is 0.467. The van der Waals surface area contributed by atoms with Gasteiger partial charge in [0.05, 0.1) is 17.0 Å². The molecule has 23 heavy (non-hydrogen) atoms. The molecule has 1 amide bonds. The lowest BCUT2D eigenvalue weighted by Crippen LogP contribution is -2.53. The second kappa shape index (κ2) is 6.25. The minimum atomic E-state index is -0.962. The first-order valence-electron chi connectivity index (χ1n) is 7.20. The SMILES string of the molecule is O=C(O)CC1(NC(=O)c2cc(Cl)c3c(c2)OCO3)CCOCC1. The first kappa shape index (κ1) is 15.9. The summed E-state index contributed by atoms with van der Waals surface area (Å²) in [7, 11) is 0. The largest absolute Gasteiger partial charge is 0.481 e. The average molecular weight is 342 g/mol. The fourth-order valence-electron chi connectivity index (χ4n) is 2.81. The van der Waals surface area contributed by atoms with E-state index in [0.29, 0.717) is 43.1 Å². The third kappa shape index (κ3) is 3.35. The summed E-state index contributed by atoms with van der Waals surface area (Å²) >= 11 is 6.08. The monoisotopic (exact) mass is 341 g/mol. The highest BCUT2D eigenvalue weighted by Gasteiger charge is 2.37. The Labute approximate surface area is 137 Å². The van der Waals surface area contributed by atoms with E-state index < -0.39 is 17.4 Å². The Kier molecular flexibility index (Phi) is 4.32. The van der Waals surface area contributed by atoms with Gasteiger partial charge in [0.15, 0.2) is 11.5 Å². The lowest BCUT2D eigenvalue weighted by atomic mass is 9.86. The molecular formula is C15H16ClNO6. The normalized spacial score (nSPS) is 18.5. The summed E-state index contributed by atoms with van der Waals surface area (Å²) in [5.74, 6) is -0.541. The molecule has 0 aliphatic carbocycles. The smallest absolute Gasteiger partial charge is 0.305 e. The van der Waals surface area contributed by atoms with E-state index in [-0.39, 0.29) is 18.2 Å². The van der Waals surface area contributed by atoms with Crippen molar-refractivity contribution >= 4 is 23.5 Å². The number of fused-ring (bicyclic) bond motifs is 1. The molecule has 1 fully saturated rings. The topological polar surface area (TPSA) is 94.1 Å². The quantitative estimate of drug-likeness (QED) is 0.867. The molecule has 0 spiro atoms. The number of hydrogen-bond donors (Lipinski definition) is 2. The Bertz CT molecular complexity index is 641. The van der Waals surface area contributed by atoms with Crippen LogP contribution >= 0.6 is 11.6 Å². The minimum Gasteiger partial charge on any atom is -0.481 e. The number of rotatable bonds is 4. The Morgan fingerprint density at radius 3 is 2.70 bits per heavy atom. The number of hydrogen-bond acceptors (Lipinski definition) is 5. The van der Waals surface area contributed by atoms with Crippen LogP contribution in [0.5, 0.6) is 11.5 Å². The first-order valence-corrected chi connectivity index (χ1v) is 7.58. The molecule has 2 N–H and O–H groups in total. The van der Waals surface area contributed by atoms with Gasteiger partial charge >= 0.3 is 5.97 Å². The number of halogens is 1.